The molecule has 0 unspecified atom stereocenters. The molecule has 8 heteroatoms. The summed E-state index contributed by atoms with van der Waals surface area (Å²) in [5, 5.41) is 18.5. The Balaban J connectivity index is 3.17. The Morgan fingerprint density at radius 3 is 2.37 bits per heavy atom. The van der Waals surface area contributed by atoms with Crippen molar-refractivity contribution in [2.75, 3.05) is 13.6 Å². The molecule has 1 aromatic rings. The highest BCUT2D eigenvalue weighted by atomic mass is 32.2. The number of hydrogen-bond acceptors (Lipinski definition) is 5. The molecule has 0 fully saturated rings. The number of thiophene rings is 1. The van der Waals surface area contributed by atoms with E-state index in [1.807, 2.05) is 0 Å². The molecular formula is C11H17NO5S2. The fourth-order valence-electron chi connectivity index (χ4n) is 1.62. The summed E-state index contributed by atoms with van der Waals surface area (Å²) in [6, 6.07) is 1.15. The minimum absolute atomic E-state index is 0.0206. The molecule has 0 aromatic carbocycles. The van der Waals surface area contributed by atoms with Gasteiger partial charge < -0.3 is 10.2 Å². The average molecular weight is 307 g/mol. The predicted molar refractivity (Wildman–Crippen MR) is 72.1 cm³/mol. The number of carbonyl (C=O) groups is 1. The lowest BCUT2D eigenvalue weighted by Gasteiger charge is -2.24. The summed E-state index contributed by atoms with van der Waals surface area (Å²) in [6.07, 6.45) is 0. The van der Waals surface area contributed by atoms with Crippen LogP contribution in [0.15, 0.2) is 11.0 Å². The fourth-order valence-corrected chi connectivity index (χ4v) is 4.35. The molecule has 0 aliphatic rings. The molecule has 0 saturated heterocycles. The molecule has 1 aromatic heterocycles. The Labute approximate surface area is 116 Å². The molecule has 6 nitrogen and oxygen atoms in total. The third-order valence-corrected chi connectivity index (χ3v) is 5.48. The zero-order chi connectivity index (χ0) is 15.0. The maximum Gasteiger partial charge on any atom is 0.345 e. The van der Waals surface area contributed by atoms with Crippen molar-refractivity contribution in [2.45, 2.75) is 31.3 Å². The molecular weight excluding hydrogens is 290 g/mol. The third-order valence-electron chi connectivity index (χ3n) is 2.38. The minimum atomic E-state index is -3.80. The summed E-state index contributed by atoms with van der Waals surface area (Å²) in [5.74, 6) is -1.15. The Hall–Kier alpha value is -0.960. The summed E-state index contributed by atoms with van der Waals surface area (Å²) >= 11 is 0.917. The van der Waals surface area contributed by atoms with Crippen LogP contribution >= 0.6 is 11.3 Å². The van der Waals surface area contributed by atoms with Crippen LogP contribution in [0.2, 0.25) is 0 Å². The van der Waals surface area contributed by atoms with Crippen LogP contribution in [0.4, 0.5) is 0 Å². The van der Waals surface area contributed by atoms with Gasteiger partial charge in [-0.3, -0.25) is 0 Å². The van der Waals surface area contributed by atoms with Gasteiger partial charge in [0.05, 0.1) is 10.5 Å². The number of carboxylic acid groups (broad SMARTS) is 1. The molecule has 0 atom stereocenters. The zero-order valence-electron chi connectivity index (χ0n) is 11.2. The van der Waals surface area contributed by atoms with Gasteiger partial charge in [0, 0.05) is 18.5 Å². The average Bonchev–Trinajstić information content (AvgIpc) is 2.58. The fraction of sp³-hybridized carbons (Fsp3) is 0.545. The van der Waals surface area contributed by atoms with E-state index in [4.69, 9.17) is 5.11 Å². The molecule has 0 saturated carbocycles. The molecule has 0 spiro atoms. The number of carboxylic acids is 1. The van der Waals surface area contributed by atoms with Crippen LogP contribution in [-0.4, -0.2) is 48.1 Å². The Morgan fingerprint density at radius 2 is 2.00 bits per heavy atom. The van der Waals surface area contributed by atoms with Crippen LogP contribution in [0, 0.1) is 6.92 Å². The Morgan fingerprint density at radius 1 is 1.47 bits per heavy atom. The third kappa shape index (κ3) is 3.75. The van der Waals surface area contributed by atoms with E-state index < -0.39 is 21.6 Å². The van der Waals surface area contributed by atoms with Crippen LogP contribution in [0.1, 0.15) is 28.4 Å². The van der Waals surface area contributed by atoms with E-state index in [9.17, 15) is 18.3 Å². The summed E-state index contributed by atoms with van der Waals surface area (Å²) in [5.41, 5.74) is -1.17. The van der Waals surface area contributed by atoms with Crippen molar-refractivity contribution in [1.29, 1.82) is 0 Å². The van der Waals surface area contributed by atoms with Crippen molar-refractivity contribution in [3.8, 4) is 0 Å². The number of nitrogens with zero attached hydrogens (tertiary/aromatic N) is 1. The van der Waals surface area contributed by atoms with Gasteiger partial charge in [-0.1, -0.05) is 0 Å². The van der Waals surface area contributed by atoms with Crippen molar-refractivity contribution >= 4 is 27.3 Å². The molecule has 0 aliphatic heterocycles. The summed E-state index contributed by atoms with van der Waals surface area (Å²) in [6.45, 7) is 4.49. The maximum atomic E-state index is 12.3. The number of rotatable bonds is 5. The van der Waals surface area contributed by atoms with E-state index in [-0.39, 0.29) is 16.3 Å². The molecule has 0 radical (unpaired) electrons. The Kier molecular flexibility index (Phi) is 4.40. The Bertz CT molecular complexity index is 583. The van der Waals surface area contributed by atoms with Crippen LogP contribution in [0.3, 0.4) is 0 Å². The predicted octanol–water partition coefficient (Wildman–Crippen LogP) is 1.15. The van der Waals surface area contributed by atoms with E-state index in [2.05, 4.69) is 0 Å². The molecule has 108 valence electrons. The lowest BCUT2D eigenvalue weighted by Crippen LogP contribution is -2.39. The van der Waals surface area contributed by atoms with Crippen molar-refractivity contribution < 1.29 is 23.4 Å². The van der Waals surface area contributed by atoms with Crippen LogP contribution in [-0.2, 0) is 10.0 Å². The number of likely N-dealkylation sites (N-methyl/N-ethyl adjacent to an activating group) is 1. The number of sulfonamides is 1. The maximum absolute atomic E-state index is 12.3. The van der Waals surface area contributed by atoms with Crippen LogP contribution < -0.4 is 0 Å². The van der Waals surface area contributed by atoms with Gasteiger partial charge in [-0.2, -0.15) is 4.31 Å². The molecule has 1 heterocycles. The molecule has 0 bridgehead atoms. The number of aliphatic hydroxyl groups is 1. The van der Waals surface area contributed by atoms with Crippen molar-refractivity contribution in [2.24, 2.45) is 0 Å². The summed E-state index contributed by atoms with van der Waals surface area (Å²) in [7, 11) is -2.44. The van der Waals surface area contributed by atoms with Crippen LogP contribution in [0.25, 0.3) is 0 Å². The first kappa shape index (κ1) is 16.1. The van der Waals surface area contributed by atoms with E-state index in [0.717, 1.165) is 21.7 Å². The van der Waals surface area contributed by atoms with Gasteiger partial charge in [0.2, 0.25) is 10.0 Å². The SMILES string of the molecule is Cc1sc(C(=O)O)cc1S(=O)(=O)N(C)CC(C)(C)O. The van der Waals surface area contributed by atoms with Gasteiger partial charge in [-0.25, -0.2) is 13.2 Å². The van der Waals surface area contributed by atoms with Gasteiger partial charge in [0.1, 0.15) is 4.88 Å². The number of hydrogen-bond donors (Lipinski definition) is 2. The second kappa shape index (κ2) is 5.20. The van der Waals surface area contributed by atoms with Crippen molar-refractivity contribution in [1.82, 2.24) is 4.31 Å². The normalized spacial score (nSPS) is 12.9. The second-order valence-electron chi connectivity index (χ2n) is 4.91. The largest absolute Gasteiger partial charge is 0.477 e. The van der Waals surface area contributed by atoms with E-state index >= 15 is 0 Å². The topological polar surface area (TPSA) is 94.9 Å². The molecule has 19 heavy (non-hydrogen) atoms. The highest BCUT2D eigenvalue weighted by Crippen LogP contribution is 2.28. The van der Waals surface area contributed by atoms with Crippen LogP contribution in [0.5, 0.6) is 0 Å². The van der Waals surface area contributed by atoms with Gasteiger partial charge in [0.15, 0.2) is 0 Å². The zero-order valence-corrected chi connectivity index (χ0v) is 12.8. The molecule has 0 amide bonds. The van der Waals surface area contributed by atoms with Gasteiger partial charge in [0.25, 0.3) is 0 Å². The quantitative estimate of drug-likeness (QED) is 0.851. The van der Waals surface area contributed by atoms with E-state index in [0.29, 0.717) is 4.88 Å². The lowest BCUT2D eigenvalue weighted by molar-refractivity contribution is 0.0638. The van der Waals surface area contributed by atoms with Crippen molar-refractivity contribution in [3.05, 3.63) is 15.8 Å². The minimum Gasteiger partial charge on any atom is -0.477 e. The summed E-state index contributed by atoms with van der Waals surface area (Å²) in [4.78, 5) is 11.2. The van der Waals surface area contributed by atoms with E-state index in [1.54, 1.807) is 6.92 Å². The number of aryl methyl sites for hydroxylation is 1. The molecule has 2 N–H and O–H groups in total. The summed E-state index contributed by atoms with van der Waals surface area (Å²) < 4.78 is 25.6. The standard InChI is InChI=1S/C11H17NO5S2/c1-7-9(5-8(18-7)10(13)14)19(16,17)12(4)6-11(2,3)15/h5,15H,6H2,1-4H3,(H,13,14). The van der Waals surface area contributed by atoms with Gasteiger partial charge in [-0.15, -0.1) is 11.3 Å². The van der Waals surface area contributed by atoms with E-state index in [1.165, 1.54) is 20.9 Å². The highest BCUT2D eigenvalue weighted by molar-refractivity contribution is 7.89. The van der Waals surface area contributed by atoms with Gasteiger partial charge >= 0.3 is 5.97 Å². The molecule has 1 rings (SSSR count). The number of aromatic carboxylic acids is 1. The first-order valence-corrected chi connectivity index (χ1v) is 7.73. The monoisotopic (exact) mass is 307 g/mol. The van der Waals surface area contributed by atoms with Gasteiger partial charge in [-0.05, 0) is 26.8 Å². The molecule has 0 aliphatic carbocycles. The van der Waals surface area contributed by atoms with Crippen molar-refractivity contribution in [3.63, 3.8) is 0 Å². The smallest absolute Gasteiger partial charge is 0.345 e. The first-order chi connectivity index (χ1) is 8.45. The second-order valence-corrected chi connectivity index (χ2v) is 8.18. The highest BCUT2D eigenvalue weighted by Gasteiger charge is 2.29. The first-order valence-electron chi connectivity index (χ1n) is 5.47. The lowest BCUT2D eigenvalue weighted by atomic mass is 10.1.